The van der Waals surface area contributed by atoms with Crippen molar-refractivity contribution >= 4 is 11.6 Å². The fourth-order valence-electron chi connectivity index (χ4n) is 2.15. The molecule has 3 rings (SSSR count). The van der Waals surface area contributed by atoms with Crippen LogP contribution < -0.4 is 14.8 Å². The van der Waals surface area contributed by atoms with E-state index < -0.39 is 5.82 Å². The van der Waals surface area contributed by atoms with Crippen molar-refractivity contribution in [1.29, 1.82) is 0 Å². The normalized spacial score (nSPS) is 17.5. The molecule has 1 aliphatic heterocycles. The Morgan fingerprint density at radius 1 is 1.36 bits per heavy atom. The summed E-state index contributed by atoms with van der Waals surface area (Å²) in [5.41, 5.74) is 0. The van der Waals surface area contributed by atoms with Crippen LogP contribution in [-0.4, -0.2) is 29.2 Å². The lowest BCUT2D eigenvalue weighted by Gasteiger charge is -2.12. The monoisotopic (exact) mass is 323 g/mol. The number of ether oxygens (including phenoxy) is 2. The Morgan fingerprint density at radius 3 is 3.05 bits per heavy atom. The average molecular weight is 324 g/mol. The zero-order chi connectivity index (χ0) is 15.4. The van der Waals surface area contributed by atoms with Gasteiger partial charge >= 0.3 is 0 Å². The summed E-state index contributed by atoms with van der Waals surface area (Å²) >= 11 is 5.69. The summed E-state index contributed by atoms with van der Waals surface area (Å²) in [6.07, 6.45) is 2.67. The van der Waals surface area contributed by atoms with Gasteiger partial charge in [-0.25, -0.2) is 9.37 Å². The molecule has 7 heteroatoms. The van der Waals surface area contributed by atoms with Crippen LogP contribution in [0.1, 0.15) is 12.2 Å². The molecule has 2 aromatic rings. The molecular formula is C15H15ClFN3O2. The summed E-state index contributed by atoms with van der Waals surface area (Å²) in [5.74, 6) is 0.521. The van der Waals surface area contributed by atoms with Gasteiger partial charge in [-0.1, -0.05) is 11.6 Å². The molecular weight excluding hydrogens is 309 g/mol. The van der Waals surface area contributed by atoms with E-state index in [1.54, 1.807) is 18.3 Å². The van der Waals surface area contributed by atoms with Crippen LogP contribution in [0.25, 0.3) is 0 Å². The fourth-order valence-corrected chi connectivity index (χ4v) is 2.31. The Hall–Kier alpha value is -1.92. The van der Waals surface area contributed by atoms with Crippen LogP contribution >= 0.6 is 11.6 Å². The minimum atomic E-state index is -0.517. The van der Waals surface area contributed by atoms with Crippen LogP contribution in [0.4, 0.5) is 4.39 Å². The van der Waals surface area contributed by atoms with Crippen molar-refractivity contribution in [3.8, 4) is 11.6 Å². The Labute approximate surface area is 132 Å². The molecule has 2 heterocycles. The molecule has 1 aromatic carbocycles. The number of nitrogens with one attached hydrogen (secondary N) is 1. The van der Waals surface area contributed by atoms with Crippen LogP contribution in [0.5, 0.6) is 11.6 Å². The van der Waals surface area contributed by atoms with Gasteiger partial charge in [-0.05, 0) is 31.2 Å². The predicted molar refractivity (Wildman–Crippen MR) is 79.7 cm³/mol. The van der Waals surface area contributed by atoms with Gasteiger partial charge in [0, 0.05) is 23.8 Å². The molecule has 0 spiro atoms. The number of benzene rings is 1. The summed E-state index contributed by atoms with van der Waals surface area (Å²) in [6, 6.07) is 5.94. The van der Waals surface area contributed by atoms with Gasteiger partial charge in [0.1, 0.15) is 12.7 Å². The number of halogens is 2. The van der Waals surface area contributed by atoms with E-state index in [-0.39, 0.29) is 18.5 Å². The molecule has 1 saturated heterocycles. The van der Waals surface area contributed by atoms with E-state index in [9.17, 15) is 4.39 Å². The quantitative estimate of drug-likeness (QED) is 0.916. The molecule has 1 aliphatic rings. The van der Waals surface area contributed by atoms with E-state index in [0.29, 0.717) is 16.7 Å². The molecule has 0 amide bonds. The maximum atomic E-state index is 13.6. The van der Waals surface area contributed by atoms with Crippen molar-refractivity contribution in [2.75, 3.05) is 13.1 Å². The fraction of sp³-hybridized carbons (Fsp3) is 0.333. The van der Waals surface area contributed by atoms with Crippen LogP contribution in [0.2, 0.25) is 5.02 Å². The van der Waals surface area contributed by atoms with E-state index in [4.69, 9.17) is 21.1 Å². The van der Waals surface area contributed by atoms with Gasteiger partial charge in [0.2, 0.25) is 5.88 Å². The highest BCUT2D eigenvalue weighted by Crippen LogP contribution is 2.22. The van der Waals surface area contributed by atoms with Crippen molar-refractivity contribution in [2.24, 2.45) is 0 Å². The molecule has 1 aromatic heterocycles. The Bertz CT molecular complexity index is 650. The molecule has 0 aliphatic carbocycles. The van der Waals surface area contributed by atoms with Gasteiger partial charge < -0.3 is 14.8 Å². The highest BCUT2D eigenvalue weighted by molar-refractivity contribution is 6.30. The van der Waals surface area contributed by atoms with Crippen molar-refractivity contribution < 1.29 is 13.9 Å². The van der Waals surface area contributed by atoms with Gasteiger partial charge in [0.05, 0.1) is 0 Å². The summed E-state index contributed by atoms with van der Waals surface area (Å²) in [4.78, 5) is 8.36. The standard InChI is InChI=1S/C15H15ClFN3O2/c16-10-1-2-13(12(17)7-10)21-9-14-19-6-4-15(20-14)22-11-3-5-18-8-11/h1-2,4,6-7,11,18H,3,5,8-9H2. The van der Waals surface area contributed by atoms with E-state index in [2.05, 4.69) is 15.3 Å². The van der Waals surface area contributed by atoms with Gasteiger partial charge in [-0.15, -0.1) is 0 Å². The topological polar surface area (TPSA) is 56.3 Å². The van der Waals surface area contributed by atoms with Gasteiger partial charge in [0.15, 0.2) is 17.4 Å². The second kappa shape index (κ2) is 6.89. The van der Waals surface area contributed by atoms with Gasteiger partial charge in [0.25, 0.3) is 0 Å². The molecule has 1 fully saturated rings. The molecule has 22 heavy (non-hydrogen) atoms. The zero-order valence-electron chi connectivity index (χ0n) is 11.8. The first kappa shape index (κ1) is 15.0. The van der Waals surface area contributed by atoms with E-state index in [1.807, 2.05) is 0 Å². The van der Waals surface area contributed by atoms with E-state index in [0.717, 1.165) is 19.5 Å². The predicted octanol–water partition coefficient (Wildman–Crippen LogP) is 2.59. The maximum absolute atomic E-state index is 13.6. The summed E-state index contributed by atoms with van der Waals surface area (Å²) in [7, 11) is 0. The summed E-state index contributed by atoms with van der Waals surface area (Å²) < 4.78 is 24.7. The third-order valence-corrected chi connectivity index (χ3v) is 3.47. The largest absolute Gasteiger partial charge is 0.483 e. The van der Waals surface area contributed by atoms with Crippen LogP contribution in [0, 0.1) is 5.82 Å². The first-order valence-corrected chi connectivity index (χ1v) is 7.35. The smallest absolute Gasteiger partial charge is 0.216 e. The molecule has 116 valence electrons. The highest BCUT2D eigenvalue weighted by atomic mass is 35.5. The van der Waals surface area contributed by atoms with E-state index in [1.165, 1.54) is 12.1 Å². The van der Waals surface area contributed by atoms with E-state index >= 15 is 0 Å². The molecule has 0 radical (unpaired) electrons. The lowest BCUT2D eigenvalue weighted by molar-refractivity contribution is 0.210. The Kier molecular flexibility index (Phi) is 4.70. The van der Waals surface area contributed by atoms with Crippen molar-refractivity contribution in [3.05, 3.63) is 47.1 Å². The lowest BCUT2D eigenvalue weighted by Crippen LogP contribution is -2.20. The Morgan fingerprint density at radius 2 is 2.27 bits per heavy atom. The molecule has 1 unspecified atom stereocenters. The maximum Gasteiger partial charge on any atom is 0.216 e. The molecule has 0 bridgehead atoms. The second-order valence-corrected chi connectivity index (χ2v) is 5.34. The van der Waals surface area contributed by atoms with Crippen LogP contribution in [-0.2, 0) is 6.61 Å². The first-order valence-electron chi connectivity index (χ1n) is 6.98. The average Bonchev–Trinajstić information content (AvgIpc) is 3.00. The van der Waals surface area contributed by atoms with Gasteiger partial charge in [-0.2, -0.15) is 4.98 Å². The highest BCUT2D eigenvalue weighted by Gasteiger charge is 2.16. The lowest BCUT2D eigenvalue weighted by atomic mass is 10.3. The summed E-state index contributed by atoms with van der Waals surface area (Å²) in [5, 5.41) is 3.54. The molecule has 1 atom stereocenters. The number of rotatable bonds is 5. The van der Waals surface area contributed by atoms with Crippen LogP contribution in [0.15, 0.2) is 30.5 Å². The van der Waals surface area contributed by atoms with Crippen molar-refractivity contribution in [2.45, 2.75) is 19.1 Å². The Balaban J connectivity index is 1.62. The van der Waals surface area contributed by atoms with Crippen molar-refractivity contribution in [1.82, 2.24) is 15.3 Å². The minimum absolute atomic E-state index is 0.0542. The number of nitrogens with zero attached hydrogens (tertiary/aromatic N) is 2. The number of hydrogen-bond donors (Lipinski definition) is 1. The van der Waals surface area contributed by atoms with Gasteiger partial charge in [-0.3, -0.25) is 0 Å². The van der Waals surface area contributed by atoms with Crippen molar-refractivity contribution in [3.63, 3.8) is 0 Å². The minimum Gasteiger partial charge on any atom is -0.483 e. The second-order valence-electron chi connectivity index (χ2n) is 4.91. The third-order valence-electron chi connectivity index (χ3n) is 3.23. The summed E-state index contributed by atoms with van der Waals surface area (Å²) in [6.45, 7) is 1.81. The molecule has 1 N–H and O–H groups in total. The van der Waals surface area contributed by atoms with Crippen LogP contribution in [0.3, 0.4) is 0 Å². The third kappa shape index (κ3) is 3.84. The molecule has 0 saturated carbocycles. The first-order chi connectivity index (χ1) is 10.7. The number of aromatic nitrogens is 2. The number of hydrogen-bond acceptors (Lipinski definition) is 5. The SMILES string of the molecule is Fc1cc(Cl)ccc1OCc1nccc(OC2CCNC2)n1. The molecule has 5 nitrogen and oxygen atoms in total. The zero-order valence-corrected chi connectivity index (χ0v) is 12.5.